The topological polar surface area (TPSA) is 29.1 Å². The third-order valence-electron chi connectivity index (χ3n) is 3.66. The van der Waals surface area contributed by atoms with E-state index >= 15 is 0 Å². The third kappa shape index (κ3) is 3.96. The Kier molecular flexibility index (Phi) is 5.85. The highest BCUT2D eigenvalue weighted by atomic mass is 32.2. The van der Waals surface area contributed by atoms with Crippen molar-refractivity contribution in [2.24, 2.45) is 0 Å². The molecule has 0 heterocycles. The fourth-order valence-corrected chi connectivity index (χ4v) is 2.80. The van der Waals surface area contributed by atoms with Crippen LogP contribution < -0.4 is 5.32 Å². The molecule has 1 amide bonds. The number of amides is 1. The van der Waals surface area contributed by atoms with Gasteiger partial charge in [-0.3, -0.25) is 4.79 Å². The molecular formula is C15H22FNOS. The average Bonchev–Trinajstić information content (AvgIpc) is 2.40. The van der Waals surface area contributed by atoms with Crippen molar-refractivity contribution < 1.29 is 9.18 Å². The number of carbonyl (C=O) groups is 1. The van der Waals surface area contributed by atoms with Crippen LogP contribution in [0.1, 0.15) is 42.6 Å². The number of aryl methyl sites for hydroxylation is 1. The molecule has 2 nitrogen and oxygen atoms in total. The van der Waals surface area contributed by atoms with Crippen molar-refractivity contribution in [1.29, 1.82) is 0 Å². The Balaban J connectivity index is 2.75. The van der Waals surface area contributed by atoms with Crippen LogP contribution in [0.4, 0.5) is 4.39 Å². The summed E-state index contributed by atoms with van der Waals surface area (Å²) in [5, 5.41) is 2.85. The Morgan fingerprint density at radius 3 is 2.47 bits per heavy atom. The molecule has 1 aromatic rings. The third-order valence-corrected chi connectivity index (χ3v) is 5.25. The summed E-state index contributed by atoms with van der Waals surface area (Å²) in [6.45, 7) is 6.59. The Morgan fingerprint density at radius 1 is 1.37 bits per heavy atom. The molecule has 0 saturated carbocycles. The van der Waals surface area contributed by atoms with E-state index < -0.39 is 5.82 Å². The van der Waals surface area contributed by atoms with E-state index in [1.807, 2.05) is 6.26 Å². The summed E-state index contributed by atoms with van der Waals surface area (Å²) in [5.41, 5.74) is 0.933. The normalized spacial score (nSPS) is 11.4. The average molecular weight is 283 g/mol. The zero-order valence-corrected chi connectivity index (χ0v) is 12.9. The molecule has 106 valence electrons. The Hall–Kier alpha value is -1.03. The molecule has 0 aliphatic rings. The van der Waals surface area contributed by atoms with Crippen molar-refractivity contribution in [3.63, 3.8) is 0 Å². The van der Waals surface area contributed by atoms with E-state index in [0.717, 1.165) is 18.4 Å². The van der Waals surface area contributed by atoms with Gasteiger partial charge in [-0.1, -0.05) is 19.9 Å². The second-order valence-corrected chi connectivity index (χ2v) is 6.03. The number of carbonyl (C=O) groups excluding carboxylic acids is 1. The van der Waals surface area contributed by atoms with Gasteiger partial charge in [-0.05, 0) is 43.7 Å². The lowest BCUT2D eigenvalue weighted by Gasteiger charge is -2.29. The molecule has 1 rings (SSSR count). The molecule has 0 aliphatic carbocycles. The van der Waals surface area contributed by atoms with E-state index in [-0.39, 0.29) is 16.2 Å². The van der Waals surface area contributed by atoms with Crippen LogP contribution in [0.15, 0.2) is 18.2 Å². The van der Waals surface area contributed by atoms with Gasteiger partial charge >= 0.3 is 0 Å². The molecule has 0 fully saturated rings. The molecule has 0 unspecified atom stereocenters. The Morgan fingerprint density at radius 2 is 2.00 bits per heavy atom. The maximum atomic E-state index is 13.7. The van der Waals surface area contributed by atoms with Crippen LogP contribution >= 0.6 is 11.8 Å². The summed E-state index contributed by atoms with van der Waals surface area (Å²) < 4.78 is 13.7. The van der Waals surface area contributed by atoms with Gasteiger partial charge in [0.15, 0.2) is 0 Å². The van der Waals surface area contributed by atoms with Gasteiger partial charge in [-0.2, -0.15) is 11.8 Å². The maximum absolute atomic E-state index is 13.7. The van der Waals surface area contributed by atoms with Gasteiger partial charge in [0, 0.05) is 11.3 Å². The van der Waals surface area contributed by atoms with Crippen LogP contribution in [-0.4, -0.2) is 23.5 Å². The van der Waals surface area contributed by atoms with Gasteiger partial charge in [0.2, 0.25) is 0 Å². The minimum Gasteiger partial charge on any atom is -0.351 e. The number of hydrogen-bond donors (Lipinski definition) is 1. The summed E-state index contributed by atoms with van der Waals surface area (Å²) in [6, 6.07) is 4.68. The van der Waals surface area contributed by atoms with Crippen LogP contribution in [0, 0.1) is 12.7 Å². The minimum atomic E-state index is -0.458. The van der Waals surface area contributed by atoms with E-state index in [1.165, 1.54) is 6.07 Å². The van der Waals surface area contributed by atoms with E-state index in [2.05, 4.69) is 19.2 Å². The predicted molar refractivity (Wildman–Crippen MR) is 80.3 cm³/mol. The Labute approximate surface area is 119 Å². The first-order valence-electron chi connectivity index (χ1n) is 6.57. The molecule has 1 aromatic carbocycles. The van der Waals surface area contributed by atoms with Crippen molar-refractivity contribution in [2.45, 2.75) is 38.4 Å². The molecule has 19 heavy (non-hydrogen) atoms. The van der Waals surface area contributed by atoms with Gasteiger partial charge in [0.25, 0.3) is 5.91 Å². The van der Waals surface area contributed by atoms with Crippen LogP contribution in [0.2, 0.25) is 0 Å². The fraction of sp³-hybridized carbons (Fsp3) is 0.533. The van der Waals surface area contributed by atoms with Gasteiger partial charge in [0.1, 0.15) is 5.82 Å². The SMILES string of the molecule is CCC(CC)(CNC(=O)c1ccc(C)cc1F)SC. The second kappa shape index (κ2) is 6.94. The minimum absolute atomic E-state index is 0.0385. The molecular weight excluding hydrogens is 261 g/mol. The van der Waals surface area contributed by atoms with Crippen LogP contribution in [0.25, 0.3) is 0 Å². The van der Waals surface area contributed by atoms with Crippen molar-refractivity contribution in [2.75, 3.05) is 12.8 Å². The number of halogens is 1. The van der Waals surface area contributed by atoms with Crippen molar-refractivity contribution >= 4 is 17.7 Å². The highest BCUT2D eigenvalue weighted by molar-refractivity contribution is 8.00. The van der Waals surface area contributed by atoms with Crippen LogP contribution in [0.5, 0.6) is 0 Å². The Bertz CT molecular complexity index is 436. The monoisotopic (exact) mass is 283 g/mol. The first-order valence-corrected chi connectivity index (χ1v) is 7.80. The fourth-order valence-electron chi connectivity index (χ4n) is 2.00. The smallest absolute Gasteiger partial charge is 0.254 e. The number of hydrogen-bond acceptors (Lipinski definition) is 2. The second-order valence-electron chi connectivity index (χ2n) is 4.76. The van der Waals surface area contributed by atoms with Gasteiger partial charge in [-0.25, -0.2) is 4.39 Å². The van der Waals surface area contributed by atoms with Gasteiger partial charge < -0.3 is 5.32 Å². The highest BCUT2D eigenvalue weighted by Crippen LogP contribution is 2.29. The molecule has 0 bridgehead atoms. The summed E-state index contributed by atoms with van der Waals surface area (Å²) in [6.07, 6.45) is 3.99. The van der Waals surface area contributed by atoms with E-state index in [1.54, 1.807) is 30.8 Å². The molecule has 0 saturated heterocycles. The van der Waals surface area contributed by atoms with Gasteiger partial charge in [0.05, 0.1) is 5.56 Å². The summed E-state index contributed by atoms with van der Waals surface area (Å²) >= 11 is 1.75. The van der Waals surface area contributed by atoms with E-state index in [4.69, 9.17) is 0 Å². The van der Waals surface area contributed by atoms with Crippen molar-refractivity contribution in [1.82, 2.24) is 5.32 Å². The lowest BCUT2D eigenvalue weighted by atomic mass is 10.0. The predicted octanol–water partition coefficient (Wildman–Crippen LogP) is 3.79. The summed E-state index contributed by atoms with van der Waals surface area (Å²) in [5.74, 6) is -0.793. The van der Waals surface area contributed by atoms with E-state index in [9.17, 15) is 9.18 Å². The molecule has 1 N–H and O–H groups in total. The number of benzene rings is 1. The van der Waals surface area contributed by atoms with E-state index in [0.29, 0.717) is 6.54 Å². The lowest BCUT2D eigenvalue weighted by Crippen LogP contribution is -2.39. The van der Waals surface area contributed by atoms with Gasteiger partial charge in [-0.15, -0.1) is 0 Å². The van der Waals surface area contributed by atoms with Crippen molar-refractivity contribution in [3.05, 3.63) is 35.1 Å². The first-order chi connectivity index (χ1) is 8.98. The molecule has 0 aromatic heterocycles. The number of thioether (sulfide) groups is 1. The first kappa shape index (κ1) is 16.0. The quantitative estimate of drug-likeness (QED) is 0.860. The molecule has 0 radical (unpaired) electrons. The zero-order valence-electron chi connectivity index (χ0n) is 12.0. The maximum Gasteiger partial charge on any atom is 0.254 e. The molecule has 0 aliphatic heterocycles. The number of nitrogens with one attached hydrogen (secondary N) is 1. The zero-order chi connectivity index (χ0) is 14.5. The highest BCUT2D eigenvalue weighted by Gasteiger charge is 2.26. The van der Waals surface area contributed by atoms with Crippen molar-refractivity contribution in [3.8, 4) is 0 Å². The molecule has 0 atom stereocenters. The van der Waals surface area contributed by atoms with Crippen LogP contribution in [-0.2, 0) is 0 Å². The molecule has 4 heteroatoms. The summed E-state index contributed by atoms with van der Waals surface area (Å²) in [4.78, 5) is 12.0. The summed E-state index contributed by atoms with van der Waals surface area (Å²) in [7, 11) is 0. The largest absolute Gasteiger partial charge is 0.351 e. The number of rotatable bonds is 6. The standard InChI is InChI=1S/C15H22FNOS/c1-5-15(6-2,19-4)10-17-14(18)12-8-7-11(3)9-13(12)16/h7-9H,5-6,10H2,1-4H3,(H,17,18). The van der Waals surface area contributed by atoms with Crippen LogP contribution in [0.3, 0.4) is 0 Å². The molecule has 0 spiro atoms. The lowest BCUT2D eigenvalue weighted by molar-refractivity contribution is 0.0945.